The molecule has 0 saturated carbocycles. The van der Waals surface area contributed by atoms with Gasteiger partial charge < -0.3 is 25.8 Å². The lowest BCUT2D eigenvalue weighted by molar-refractivity contribution is -0.755. The minimum atomic E-state index is -0.985. The third kappa shape index (κ3) is 2.01. The Morgan fingerprint density at radius 3 is 2.72 bits per heavy atom. The molecule has 1 aromatic heterocycles. The fraction of sp³-hybridized carbons (Fsp3) is 0.273. The first-order valence-corrected chi connectivity index (χ1v) is 5.23. The van der Waals surface area contributed by atoms with Gasteiger partial charge in [0.05, 0.1) is 6.61 Å². The summed E-state index contributed by atoms with van der Waals surface area (Å²) in [5, 5.41) is 28.2. The fourth-order valence-electron chi connectivity index (χ4n) is 1.70. The van der Waals surface area contributed by atoms with E-state index in [1.807, 2.05) is 0 Å². The van der Waals surface area contributed by atoms with Crippen LogP contribution in [0.2, 0.25) is 0 Å². The maximum Gasteiger partial charge on any atom is 0.326 e. The Hall–Kier alpha value is -2.12. The number of aliphatic hydroxyl groups excluding tert-OH is 3. The van der Waals surface area contributed by atoms with Crippen LogP contribution in [0.25, 0.3) is 0 Å². The maximum atomic E-state index is 11.0. The van der Waals surface area contributed by atoms with Crippen LogP contribution in [0.4, 0.5) is 0 Å². The maximum absolute atomic E-state index is 11.0. The van der Waals surface area contributed by atoms with Gasteiger partial charge >= 0.3 is 6.23 Å². The second kappa shape index (κ2) is 4.63. The Balaban J connectivity index is 2.34. The molecule has 1 aliphatic rings. The van der Waals surface area contributed by atoms with Gasteiger partial charge in [-0.25, -0.2) is 0 Å². The number of hydrogen-bond acceptors (Lipinski definition) is 5. The minimum Gasteiger partial charge on any atom is -0.506 e. The van der Waals surface area contributed by atoms with Crippen molar-refractivity contribution in [3.8, 4) is 0 Å². The van der Waals surface area contributed by atoms with Gasteiger partial charge in [0.25, 0.3) is 5.91 Å². The molecule has 2 atom stereocenters. The van der Waals surface area contributed by atoms with Gasteiger partial charge in [-0.1, -0.05) is 0 Å². The Bertz CT molecular complexity index is 514. The number of hydrogen-bond donors (Lipinski definition) is 4. The highest BCUT2D eigenvalue weighted by atomic mass is 16.6. The molecule has 1 amide bonds. The van der Waals surface area contributed by atoms with E-state index in [1.165, 1.54) is 16.8 Å². The molecule has 0 saturated heterocycles. The highest BCUT2D eigenvalue weighted by Crippen LogP contribution is 2.27. The van der Waals surface area contributed by atoms with Crippen LogP contribution in [-0.4, -0.2) is 33.9 Å². The Morgan fingerprint density at radius 2 is 2.17 bits per heavy atom. The van der Waals surface area contributed by atoms with Crippen molar-refractivity contribution >= 4 is 5.91 Å². The average Bonchev–Trinajstić information content (AvgIpc) is 2.66. The molecule has 0 aromatic carbocycles. The summed E-state index contributed by atoms with van der Waals surface area (Å²) >= 11 is 0. The molecule has 2 rings (SSSR count). The van der Waals surface area contributed by atoms with Crippen molar-refractivity contribution in [1.29, 1.82) is 0 Å². The van der Waals surface area contributed by atoms with Crippen molar-refractivity contribution < 1.29 is 29.4 Å². The van der Waals surface area contributed by atoms with Crippen LogP contribution in [0, 0.1) is 0 Å². The van der Waals surface area contributed by atoms with Crippen LogP contribution in [0.5, 0.6) is 0 Å². The van der Waals surface area contributed by atoms with Crippen LogP contribution in [0.3, 0.4) is 0 Å². The van der Waals surface area contributed by atoms with Gasteiger partial charge in [-0.2, -0.15) is 4.57 Å². The number of ether oxygens (including phenoxy) is 1. The number of nitrogens with two attached hydrogens (primary N) is 1. The topological polar surface area (TPSA) is 117 Å². The van der Waals surface area contributed by atoms with E-state index < -0.39 is 36.4 Å². The van der Waals surface area contributed by atoms with Crippen LogP contribution < -0.4 is 10.3 Å². The average molecular weight is 253 g/mol. The van der Waals surface area contributed by atoms with Crippen LogP contribution in [0.1, 0.15) is 16.6 Å². The highest BCUT2D eigenvalue weighted by Gasteiger charge is 2.41. The molecule has 7 heteroatoms. The number of carbonyl (C=O) groups excluding carboxylic acids is 1. The molecule has 18 heavy (non-hydrogen) atoms. The quantitative estimate of drug-likeness (QED) is 0.531. The van der Waals surface area contributed by atoms with Crippen molar-refractivity contribution in [3.63, 3.8) is 0 Å². The first-order chi connectivity index (χ1) is 8.54. The molecule has 1 aliphatic heterocycles. The van der Waals surface area contributed by atoms with E-state index in [1.54, 1.807) is 12.3 Å². The van der Waals surface area contributed by atoms with Crippen LogP contribution >= 0.6 is 0 Å². The first-order valence-electron chi connectivity index (χ1n) is 5.23. The molecule has 1 unspecified atom stereocenters. The monoisotopic (exact) mass is 253 g/mol. The summed E-state index contributed by atoms with van der Waals surface area (Å²) < 4.78 is 6.62. The smallest absolute Gasteiger partial charge is 0.326 e. The van der Waals surface area contributed by atoms with Crippen molar-refractivity contribution in [2.45, 2.75) is 12.3 Å². The molecule has 7 nitrogen and oxygen atoms in total. The molecular formula is C11H13N2O5+. The summed E-state index contributed by atoms with van der Waals surface area (Å²) in [5.74, 6) is -1.44. The van der Waals surface area contributed by atoms with Gasteiger partial charge in [-0.3, -0.25) is 4.79 Å². The number of pyridine rings is 1. The molecule has 96 valence electrons. The molecule has 2 heterocycles. The first kappa shape index (κ1) is 12.3. The van der Waals surface area contributed by atoms with E-state index in [2.05, 4.69) is 0 Å². The van der Waals surface area contributed by atoms with E-state index in [9.17, 15) is 15.0 Å². The summed E-state index contributed by atoms with van der Waals surface area (Å²) in [4.78, 5) is 11.0. The summed E-state index contributed by atoms with van der Waals surface area (Å²) in [6, 6.07) is 3.07. The minimum absolute atomic E-state index is 0.237. The van der Waals surface area contributed by atoms with E-state index in [0.717, 1.165) is 0 Å². The number of carbonyl (C=O) groups is 1. The highest BCUT2D eigenvalue weighted by molar-refractivity contribution is 5.92. The summed E-state index contributed by atoms with van der Waals surface area (Å²) in [7, 11) is 0. The Labute approximate surface area is 102 Å². The number of primary amides is 1. The van der Waals surface area contributed by atoms with Gasteiger partial charge in [0.1, 0.15) is 11.7 Å². The molecular weight excluding hydrogens is 240 g/mol. The number of nitrogens with zero attached hydrogens (tertiary/aromatic N) is 1. The number of rotatable bonds is 3. The fourth-order valence-corrected chi connectivity index (χ4v) is 1.70. The van der Waals surface area contributed by atoms with Crippen molar-refractivity contribution in [3.05, 3.63) is 41.6 Å². The van der Waals surface area contributed by atoms with Gasteiger partial charge in [-0.15, -0.1) is 0 Å². The summed E-state index contributed by atoms with van der Waals surface area (Å²) in [6.07, 6.45) is 0.970. The van der Waals surface area contributed by atoms with Crippen LogP contribution in [0.15, 0.2) is 36.0 Å². The molecule has 0 bridgehead atoms. The Kier molecular flexibility index (Phi) is 3.17. The molecule has 0 radical (unpaired) electrons. The lowest BCUT2D eigenvalue weighted by Crippen LogP contribution is -2.41. The van der Waals surface area contributed by atoms with E-state index in [4.69, 9.17) is 15.6 Å². The lowest BCUT2D eigenvalue weighted by atomic mass is 10.2. The van der Waals surface area contributed by atoms with Gasteiger partial charge in [-0.05, 0) is 6.07 Å². The lowest BCUT2D eigenvalue weighted by Gasteiger charge is -2.08. The van der Waals surface area contributed by atoms with E-state index in [-0.39, 0.29) is 5.56 Å². The number of aliphatic hydroxyl groups is 3. The summed E-state index contributed by atoms with van der Waals surface area (Å²) in [5.41, 5.74) is 5.38. The van der Waals surface area contributed by atoms with Gasteiger partial charge in [0, 0.05) is 6.07 Å². The molecule has 0 spiro atoms. The van der Waals surface area contributed by atoms with Gasteiger partial charge in [0.15, 0.2) is 18.2 Å². The number of aromatic nitrogens is 1. The largest absolute Gasteiger partial charge is 0.506 e. The third-order valence-electron chi connectivity index (χ3n) is 2.64. The normalized spacial score (nSPS) is 23.4. The zero-order valence-corrected chi connectivity index (χ0v) is 9.35. The van der Waals surface area contributed by atoms with Crippen LogP contribution in [-0.2, 0) is 4.74 Å². The van der Waals surface area contributed by atoms with Gasteiger partial charge in [0.2, 0.25) is 5.76 Å². The molecule has 1 aromatic rings. The van der Waals surface area contributed by atoms with E-state index in [0.29, 0.717) is 0 Å². The summed E-state index contributed by atoms with van der Waals surface area (Å²) in [6.45, 7) is -0.456. The second-order valence-corrected chi connectivity index (χ2v) is 3.83. The third-order valence-corrected chi connectivity index (χ3v) is 2.64. The Morgan fingerprint density at radius 1 is 1.44 bits per heavy atom. The number of amides is 1. The predicted octanol–water partition coefficient (Wildman–Crippen LogP) is -0.710. The molecule has 0 aliphatic carbocycles. The molecule has 5 N–H and O–H groups in total. The second-order valence-electron chi connectivity index (χ2n) is 3.83. The van der Waals surface area contributed by atoms with E-state index >= 15 is 0 Å². The standard InChI is InChI=1S/C11H12N2O5/c12-10(17)6-2-1-3-13(4-6)11-9(16)8(15)7(5-14)18-11/h1-4,7,11,14H,5H2,(H3-,12,15,16,17)/p+1/t7-,11?/m1/s1. The van der Waals surface area contributed by atoms with Crippen molar-refractivity contribution in [2.75, 3.05) is 6.61 Å². The zero-order chi connectivity index (χ0) is 13.3. The SMILES string of the molecule is NC(=O)c1ccc[n+](C2O[C@H](CO)C(O)=C2O)c1. The van der Waals surface area contributed by atoms with Crippen molar-refractivity contribution in [1.82, 2.24) is 0 Å². The molecule has 0 fully saturated rings. The zero-order valence-electron chi connectivity index (χ0n) is 9.35. The van der Waals surface area contributed by atoms with Crippen molar-refractivity contribution in [2.24, 2.45) is 5.73 Å². The predicted molar refractivity (Wildman–Crippen MR) is 58.4 cm³/mol.